The molecule has 0 aliphatic carbocycles. The fourth-order valence-corrected chi connectivity index (χ4v) is 1.50. The summed E-state index contributed by atoms with van der Waals surface area (Å²) in [6, 6.07) is 5.92. The molecule has 0 saturated heterocycles. The topological polar surface area (TPSA) is 41.3 Å². The second-order valence-electron chi connectivity index (χ2n) is 3.40. The first-order chi connectivity index (χ1) is 6.50. The Morgan fingerprint density at radius 2 is 2.07 bits per heavy atom. The maximum Gasteiger partial charge on any atom is 0.104 e. The summed E-state index contributed by atoms with van der Waals surface area (Å²) in [5, 5.41) is 1.88. The van der Waals surface area contributed by atoms with Gasteiger partial charge < -0.3 is 11.2 Å². The number of nitrogens with two attached hydrogens (primary N) is 1. The number of benzene rings is 1. The van der Waals surface area contributed by atoms with Crippen LogP contribution >= 0.6 is 12.2 Å². The molecule has 0 saturated carbocycles. The monoisotopic (exact) mass is 209 g/mol. The summed E-state index contributed by atoms with van der Waals surface area (Å²) >= 11 is 4.93. The molecule has 1 rings (SSSR count). The van der Waals surface area contributed by atoms with E-state index in [-0.39, 0.29) is 0 Å². The molecule has 0 aliphatic rings. The van der Waals surface area contributed by atoms with Gasteiger partial charge in [0.25, 0.3) is 0 Å². The van der Waals surface area contributed by atoms with Crippen LogP contribution in [0.4, 0.5) is 5.69 Å². The van der Waals surface area contributed by atoms with E-state index in [1.165, 1.54) is 0 Å². The molecule has 3 N–H and O–H groups in total. The molecule has 0 bridgehead atoms. The lowest BCUT2D eigenvalue weighted by Crippen LogP contribution is -2.20. The van der Waals surface area contributed by atoms with Gasteiger partial charge in [-0.05, 0) is 30.7 Å². The lowest BCUT2D eigenvalue weighted by molar-refractivity contribution is 0.495. The predicted molar refractivity (Wildman–Crippen MR) is 64.4 cm³/mol. The van der Waals surface area contributed by atoms with Crippen molar-refractivity contribution in [3.8, 4) is 0 Å². The SMILES string of the molecule is Cc1cc(NN(C)C)ccc1C(N)=S. The zero-order chi connectivity index (χ0) is 10.7. The molecule has 0 amide bonds. The number of anilines is 1. The summed E-state index contributed by atoms with van der Waals surface area (Å²) in [6.07, 6.45) is 0. The fraction of sp³-hybridized carbons (Fsp3) is 0.300. The van der Waals surface area contributed by atoms with Crippen LogP contribution in [0.5, 0.6) is 0 Å². The Hall–Kier alpha value is -1.13. The molecule has 0 fully saturated rings. The Kier molecular flexibility index (Phi) is 3.43. The van der Waals surface area contributed by atoms with Crippen molar-refractivity contribution in [2.24, 2.45) is 5.73 Å². The highest BCUT2D eigenvalue weighted by molar-refractivity contribution is 7.80. The van der Waals surface area contributed by atoms with E-state index in [0.717, 1.165) is 16.8 Å². The first kappa shape index (κ1) is 10.9. The number of thiocarbonyl (C=S) groups is 1. The average molecular weight is 209 g/mol. The Balaban J connectivity index is 2.94. The van der Waals surface area contributed by atoms with E-state index >= 15 is 0 Å². The minimum Gasteiger partial charge on any atom is -0.389 e. The van der Waals surface area contributed by atoms with Crippen molar-refractivity contribution in [3.05, 3.63) is 29.3 Å². The number of nitrogens with zero attached hydrogens (tertiary/aromatic N) is 1. The number of hydrogen-bond donors (Lipinski definition) is 2. The van der Waals surface area contributed by atoms with Crippen molar-refractivity contribution in [2.45, 2.75) is 6.92 Å². The Bertz CT molecular complexity index is 347. The maximum atomic E-state index is 5.57. The van der Waals surface area contributed by atoms with Crippen LogP contribution in [-0.2, 0) is 0 Å². The summed E-state index contributed by atoms with van der Waals surface area (Å²) < 4.78 is 0. The van der Waals surface area contributed by atoms with Crippen molar-refractivity contribution in [1.82, 2.24) is 5.01 Å². The molecule has 76 valence electrons. The van der Waals surface area contributed by atoms with Crippen LogP contribution in [-0.4, -0.2) is 24.1 Å². The average Bonchev–Trinajstić information content (AvgIpc) is 2.01. The summed E-state index contributed by atoms with van der Waals surface area (Å²) in [5.41, 5.74) is 11.8. The highest BCUT2D eigenvalue weighted by Crippen LogP contribution is 2.15. The molecule has 1 aromatic rings. The van der Waals surface area contributed by atoms with Crippen LogP contribution in [0.15, 0.2) is 18.2 Å². The zero-order valence-corrected chi connectivity index (χ0v) is 9.48. The second-order valence-corrected chi connectivity index (χ2v) is 3.84. The molecule has 0 aromatic heterocycles. The molecule has 0 spiro atoms. The third-order valence-corrected chi connectivity index (χ3v) is 2.06. The molecular formula is C10H15N3S. The van der Waals surface area contributed by atoms with Gasteiger partial charge in [0.2, 0.25) is 0 Å². The van der Waals surface area contributed by atoms with Crippen molar-refractivity contribution in [3.63, 3.8) is 0 Å². The quantitative estimate of drug-likeness (QED) is 0.585. The number of aryl methyl sites for hydroxylation is 1. The van der Waals surface area contributed by atoms with Gasteiger partial charge in [-0.15, -0.1) is 0 Å². The van der Waals surface area contributed by atoms with Crippen LogP contribution in [0.1, 0.15) is 11.1 Å². The van der Waals surface area contributed by atoms with E-state index in [1.807, 2.05) is 44.2 Å². The minimum atomic E-state index is 0.443. The normalized spacial score (nSPS) is 10.3. The number of hydrazine groups is 1. The molecule has 4 heteroatoms. The smallest absolute Gasteiger partial charge is 0.104 e. The summed E-state index contributed by atoms with van der Waals surface area (Å²) in [6.45, 7) is 2.00. The molecule has 3 nitrogen and oxygen atoms in total. The fourth-order valence-electron chi connectivity index (χ4n) is 1.27. The van der Waals surface area contributed by atoms with Crippen LogP contribution < -0.4 is 11.2 Å². The van der Waals surface area contributed by atoms with Crippen LogP contribution in [0, 0.1) is 6.92 Å². The van der Waals surface area contributed by atoms with Crippen LogP contribution in [0.3, 0.4) is 0 Å². The van der Waals surface area contributed by atoms with Gasteiger partial charge in [0.1, 0.15) is 4.99 Å². The third kappa shape index (κ3) is 2.68. The summed E-state index contributed by atoms with van der Waals surface area (Å²) in [4.78, 5) is 0.443. The lowest BCUT2D eigenvalue weighted by Gasteiger charge is -2.14. The van der Waals surface area contributed by atoms with Crippen molar-refractivity contribution < 1.29 is 0 Å². The molecule has 0 aliphatic heterocycles. The highest BCUT2D eigenvalue weighted by atomic mass is 32.1. The molecule has 0 atom stereocenters. The van der Waals surface area contributed by atoms with E-state index in [0.29, 0.717) is 4.99 Å². The first-order valence-electron chi connectivity index (χ1n) is 4.35. The van der Waals surface area contributed by atoms with Gasteiger partial charge in [-0.3, -0.25) is 0 Å². The van der Waals surface area contributed by atoms with Gasteiger partial charge in [-0.2, -0.15) is 0 Å². The third-order valence-electron chi connectivity index (χ3n) is 1.84. The Labute approximate surface area is 89.9 Å². The van der Waals surface area contributed by atoms with Gasteiger partial charge in [0.15, 0.2) is 0 Å². The van der Waals surface area contributed by atoms with Crippen molar-refractivity contribution in [2.75, 3.05) is 19.5 Å². The standard InChI is InChI=1S/C10H15N3S/c1-7-6-8(12-13(2)3)4-5-9(7)10(11)14/h4-6,12H,1-3H3,(H2,11,14). The van der Waals surface area contributed by atoms with E-state index in [9.17, 15) is 0 Å². The van der Waals surface area contributed by atoms with Gasteiger partial charge in [0.05, 0.1) is 0 Å². The summed E-state index contributed by atoms with van der Waals surface area (Å²) in [7, 11) is 3.88. The molecule has 0 unspecified atom stereocenters. The predicted octanol–water partition coefficient (Wildman–Crippen LogP) is 1.52. The maximum absolute atomic E-state index is 5.57. The largest absolute Gasteiger partial charge is 0.389 e. The van der Waals surface area contributed by atoms with Crippen LogP contribution in [0.25, 0.3) is 0 Å². The van der Waals surface area contributed by atoms with Gasteiger partial charge in [0, 0.05) is 25.3 Å². The van der Waals surface area contributed by atoms with Crippen molar-refractivity contribution >= 4 is 22.9 Å². The van der Waals surface area contributed by atoms with E-state index in [1.54, 1.807) is 0 Å². The Morgan fingerprint density at radius 3 is 2.50 bits per heavy atom. The molecule has 0 heterocycles. The number of hydrogen-bond acceptors (Lipinski definition) is 3. The Morgan fingerprint density at radius 1 is 1.43 bits per heavy atom. The zero-order valence-electron chi connectivity index (χ0n) is 8.66. The highest BCUT2D eigenvalue weighted by Gasteiger charge is 2.02. The molecule has 0 radical (unpaired) electrons. The lowest BCUT2D eigenvalue weighted by atomic mass is 10.1. The molecule has 1 aromatic carbocycles. The van der Waals surface area contributed by atoms with E-state index in [4.69, 9.17) is 18.0 Å². The number of rotatable bonds is 3. The molecular weight excluding hydrogens is 194 g/mol. The van der Waals surface area contributed by atoms with E-state index in [2.05, 4.69) is 5.43 Å². The number of nitrogens with one attached hydrogen (secondary N) is 1. The molecule has 14 heavy (non-hydrogen) atoms. The van der Waals surface area contributed by atoms with E-state index < -0.39 is 0 Å². The van der Waals surface area contributed by atoms with Gasteiger partial charge in [-0.1, -0.05) is 12.2 Å². The van der Waals surface area contributed by atoms with Gasteiger partial charge >= 0.3 is 0 Å². The second kappa shape index (κ2) is 4.39. The first-order valence-corrected chi connectivity index (χ1v) is 4.76. The minimum absolute atomic E-state index is 0.443. The summed E-state index contributed by atoms with van der Waals surface area (Å²) in [5.74, 6) is 0. The van der Waals surface area contributed by atoms with Crippen LogP contribution in [0.2, 0.25) is 0 Å². The van der Waals surface area contributed by atoms with Crippen molar-refractivity contribution in [1.29, 1.82) is 0 Å². The van der Waals surface area contributed by atoms with Gasteiger partial charge in [-0.25, -0.2) is 5.01 Å².